The van der Waals surface area contributed by atoms with Gasteiger partial charge in [0.15, 0.2) is 11.6 Å². The van der Waals surface area contributed by atoms with E-state index in [2.05, 4.69) is 13.8 Å². The molecule has 1 rings (SSSR count). The highest BCUT2D eigenvalue weighted by molar-refractivity contribution is 5.99. The molecular weight excluding hydrogens is 320 g/mol. The normalized spacial score (nSPS) is 10.8. The van der Waals surface area contributed by atoms with E-state index in [0.29, 0.717) is 12.8 Å². The molecule has 26 heavy (non-hydrogen) atoms. The van der Waals surface area contributed by atoms with Gasteiger partial charge in [-0.1, -0.05) is 102 Å². The maximum atomic E-state index is 12.2. The van der Waals surface area contributed by atoms with Crippen LogP contribution in [0.25, 0.3) is 0 Å². The molecule has 0 radical (unpaired) electrons. The minimum Gasteiger partial charge on any atom is -0.294 e. The van der Waals surface area contributed by atoms with E-state index >= 15 is 0 Å². The molecule has 0 N–H and O–H groups in total. The molecule has 0 bridgehead atoms. The first kappa shape index (κ1) is 22.6. The molecule has 0 fully saturated rings. The Balaban J connectivity index is 2.26. The number of hydrogen-bond donors (Lipinski definition) is 0. The number of hydrogen-bond acceptors (Lipinski definition) is 2. The number of Topliss-reactive ketones (excluding diaryl/α,β-unsaturated/α-hetero) is 2. The number of carbonyl (C=O) groups is 2. The van der Waals surface area contributed by atoms with Crippen LogP contribution in [-0.4, -0.2) is 11.6 Å². The standard InChI is InChI=1S/C24H38O2/c1-3-5-7-9-11-13-15-23(25)21-17-19-22(20-18-21)24(26)16-14-12-10-8-6-4-2/h17-20H,3-16H2,1-2H3. The third-order valence-corrected chi connectivity index (χ3v) is 5.04. The van der Waals surface area contributed by atoms with Crippen LogP contribution in [0.5, 0.6) is 0 Å². The SMILES string of the molecule is CCCCCCCCC(=O)c1ccc(C(=O)CCCCCCCC)cc1. The first-order chi connectivity index (χ1) is 12.7. The van der Waals surface area contributed by atoms with Gasteiger partial charge in [-0.15, -0.1) is 0 Å². The average molecular weight is 359 g/mol. The van der Waals surface area contributed by atoms with Crippen molar-refractivity contribution in [2.24, 2.45) is 0 Å². The fourth-order valence-electron chi connectivity index (χ4n) is 3.26. The summed E-state index contributed by atoms with van der Waals surface area (Å²) in [6, 6.07) is 7.31. The first-order valence-electron chi connectivity index (χ1n) is 10.9. The van der Waals surface area contributed by atoms with Crippen molar-refractivity contribution in [2.45, 2.75) is 104 Å². The Kier molecular flexibility index (Phi) is 12.8. The van der Waals surface area contributed by atoms with E-state index in [1.807, 2.05) is 24.3 Å². The second-order valence-electron chi connectivity index (χ2n) is 7.46. The van der Waals surface area contributed by atoms with Crippen LogP contribution in [0.4, 0.5) is 0 Å². The fraction of sp³-hybridized carbons (Fsp3) is 0.667. The van der Waals surface area contributed by atoms with Gasteiger partial charge in [0.2, 0.25) is 0 Å². The highest BCUT2D eigenvalue weighted by atomic mass is 16.1. The monoisotopic (exact) mass is 358 g/mol. The minimum absolute atomic E-state index is 0.204. The third kappa shape index (κ3) is 9.89. The summed E-state index contributed by atoms with van der Waals surface area (Å²) in [5.41, 5.74) is 1.49. The van der Waals surface area contributed by atoms with Gasteiger partial charge in [-0.2, -0.15) is 0 Å². The van der Waals surface area contributed by atoms with Crippen molar-refractivity contribution in [1.82, 2.24) is 0 Å². The number of benzene rings is 1. The summed E-state index contributed by atoms with van der Waals surface area (Å²) < 4.78 is 0. The smallest absolute Gasteiger partial charge is 0.162 e. The molecule has 0 unspecified atom stereocenters. The van der Waals surface area contributed by atoms with Crippen molar-refractivity contribution in [1.29, 1.82) is 0 Å². The number of ketones is 2. The van der Waals surface area contributed by atoms with Crippen LogP contribution in [0, 0.1) is 0 Å². The molecule has 146 valence electrons. The molecule has 0 aromatic heterocycles. The largest absolute Gasteiger partial charge is 0.294 e. The van der Waals surface area contributed by atoms with Crippen LogP contribution in [-0.2, 0) is 0 Å². The molecule has 0 aliphatic heterocycles. The zero-order valence-electron chi connectivity index (χ0n) is 17.0. The number of unbranched alkanes of at least 4 members (excludes halogenated alkanes) is 10. The van der Waals surface area contributed by atoms with Gasteiger partial charge in [0.1, 0.15) is 0 Å². The van der Waals surface area contributed by atoms with E-state index in [4.69, 9.17) is 0 Å². The van der Waals surface area contributed by atoms with Crippen LogP contribution >= 0.6 is 0 Å². The summed E-state index contributed by atoms with van der Waals surface area (Å²) in [5.74, 6) is 0.408. The average Bonchev–Trinajstić information content (AvgIpc) is 2.67. The van der Waals surface area contributed by atoms with E-state index in [1.54, 1.807) is 0 Å². The summed E-state index contributed by atoms with van der Waals surface area (Å²) in [6.45, 7) is 4.43. The van der Waals surface area contributed by atoms with Crippen molar-refractivity contribution < 1.29 is 9.59 Å². The van der Waals surface area contributed by atoms with E-state index in [0.717, 1.165) is 36.8 Å². The molecule has 0 spiro atoms. The molecule has 0 atom stereocenters. The Morgan fingerprint density at radius 2 is 0.846 bits per heavy atom. The second-order valence-corrected chi connectivity index (χ2v) is 7.46. The molecule has 1 aromatic rings. The van der Waals surface area contributed by atoms with Crippen molar-refractivity contribution >= 4 is 11.6 Å². The van der Waals surface area contributed by atoms with Gasteiger partial charge in [0, 0.05) is 24.0 Å². The van der Waals surface area contributed by atoms with Gasteiger partial charge in [-0.25, -0.2) is 0 Å². The van der Waals surface area contributed by atoms with Crippen LogP contribution < -0.4 is 0 Å². The lowest BCUT2D eigenvalue weighted by Gasteiger charge is -2.05. The predicted molar refractivity (Wildman–Crippen MR) is 111 cm³/mol. The van der Waals surface area contributed by atoms with Gasteiger partial charge in [-0.05, 0) is 12.8 Å². The van der Waals surface area contributed by atoms with Crippen molar-refractivity contribution in [3.05, 3.63) is 35.4 Å². The van der Waals surface area contributed by atoms with Gasteiger partial charge in [0.25, 0.3) is 0 Å². The lowest BCUT2D eigenvalue weighted by molar-refractivity contribution is 0.0967. The molecule has 0 saturated carbocycles. The Bertz CT molecular complexity index is 454. The lowest BCUT2D eigenvalue weighted by Crippen LogP contribution is -2.02. The van der Waals surface area contributed by atoms with Crippen LogP contribution in [0.15, 0.2) is 24.3 Å². The Hall–Kier alpha value is -1.44. The predicted octanol–water partition coefficient (Wildman–Crippen LogP) is 7.55. The maximum Gasteiger partial charge on any atom is 0.162 e. The molecule has 0 aliphatic carbocycles. The van der Waals surface area contributed by atoms with Gasteiger partial charge < -0.3 is 0 Å². The Morgan fingerprint density at radius 1 is 0.538 bits per heavy atom. The van der Waals surface area contributed by atoms with E-state index in [-0.39, 0.29) is 11.6 Å². The maximum absolute atomic E-state index is 12.2. The fourth-order valence-corrected chi connectivity index (χ4v) is 3.26. The third-order valence-electron chi connectivity index (χ3n) is 5.04. The number of carbonyl (C=O) groups excluding carboxylic acids is 2. The van der Waals surface area contributed by atoms with Crippen LogP contribution in [0.3, 0.4) is 0 Å². The lowest BCUT2D eigenvalue weighted by atomic mass is 9.99. The molecule has 0 amide bonds. The minimum atomic E-state index is 0.204. The first-order valence-corrected chi connectivity index (χ1v) is 10.9. The summed E-state index contributed by atoms with van der Waals surface area (Å²) >= 11 is 0. The summed E-state index contributed by atoms with van der Waals surface area (Å²) in [4.78, 5) is 24.5. The summed E-state index contributed by atoms with van der Waals surface area (Å²) in [5, 5.41) is 0. The molecular formula is C24H38O2. The van der Waals surface area contributed by atoms with Crippen molar-refractivity contribution in [3.8, 4) is 0 Å². The Morgan fingerprint density at radius 3 is 1.19 bits per heavy atom. The zero-order chi connectivity index (χ0) is 19.0. The number of rotatable bonds is 16. The quantitative estimate of drug-likeness (QED) is 0.226. The Labute approximate surface area is 160 Å². The van der Waals surface area contributed by atoms with Crippen molar-refractivity contribution in [2.75, 3.05) is 0 Å². The molecule has 0 saturated heterocycles. The highest BCUT2D eigenvalue weighted by Crippen LogP contribution is 2.14. The highest BCUT2D eigenvalue weighted by Gasteiger charge is 2.09. The van der Waals surface area contributed by atoms with E-state index in [9.17, 15) is 9.59 Å². The molecule has 1 aromatic carbocycles. The van der Waals surface area contributed by atoms with Crippen LogP contribution in [0.2, 0.25) is 0 Å². The van der Waals surface area contributed by atoms with Crippen LogP contribution in [0.1, 0.15) is 124 Å². The molecule has 0 heterocycles. The summed E-state index contributed by atoms with van der Waals surface area (Å²) in [7, 11) is 0. The van der Waals surface area contributed by atoms with Gasteiger partial charge >= 0.3 is 0 Å². The summed E-state index contributed by atoms with van der Waals surface area (Å²) in [6.07, 6.45) is 15.6. The van der Waals surface area contributed by atoms with E-state index < -0.39 is 0 Å². The zero-order valence-corrected chi connectivity index (χ0v) is 17.0. The molecule has 2 heteroatoms. The topological polar surface area (TPSA) is 34.1 Å². The molecule has 0 aliphatic rings. The second kappa shape index (κ2) is 14.7. The van der Waals surface area contributed by atoms with Gasteiger partial charge in [-0.3, -0.25) is 9.59 Å². The van der Waals surface area contributed by atoms with Crippen molar-refractivity contribution in [3.63, 3.8) is 0 Å². The molecule has 2 nitrogen and oxygen atoms in total. The van der Waals surface area contributed by atoms with Gasteiger partial charge in [0.05, 0.1) is 0 Å². The van der Waals surface area contributed by atoms with E-state index in [1.165, 1.54) is 51.4 Å².